The molecule has 4 nitrogen and oxygen atoms in total. The van der Waals surface area contributed by atoms with Gasteiger partial charge in [0.15, 0.2) is 5.96 Å². The molecule has 14 heavy (non-hydrogen) atoms. The molecule has 88 valence electrons. The fourth-order valence-corrected chi connectivity index (χ4v) is 0.445. The standard InChI is InChI=1S/C4H11N3.C4H11N.C2H6/c1-2-3-7-4(5)6;1-2-3-4-5;1-2/h2-3H2,1H3,(H4,5,6,7);2-5H2,1H3;1-2H3. The van der Waals surface area contributed by atoms with Gasteiger partial charge in [0, 0.05) is 6.54 Å². The van der Waals surface area contributed by atoms with Crippen molar-refractivity contribution in [1.82, 2.24) is 0 Å². The van der Waals surface area contributed by atoms with Gasteiger partial charge in [-0.3, -0.25) is 4.99 Å². The maximum absolute atomic E-state index is 5.14. The molecule has 0 atom stereocenters. The minimum Gasteiger partial charge on any atom is -0.370 e. The molecule has 0 unspecified atom stereocenters. The van der Waals surface area contributed by atoms with Gasteiger partial charge in [0.05, 0.1) is 0 Å². The molecule has 0 radical (unpaired) electrons. The number of hydrogen-bond acceptors (Lipinski definition) is 2. The van der Waals surface area contributed by atoms with Crippen molar-refractivity contribution in [1.29, 1.82) is 0 Å². The average molecular weight is 204 g/mol. The summed E-state index contributed by atoms with van der Waals surface area (Å²) in [5, 5.41) is 0. The maximum Gasteiger partial charge on any atom is 0.185 e. The molecule has 0 fully saturated rings. The van der Waals surface area contributed by atoms with Crippen molar-refractivity contribution in [2.45, 2.75) is 47.0 Å². The van der Waals surface area contributed by atoms with Crippen LogP contribution in [0.1, 0.15) is 47.0 Å². The van der Waals surface area contributed by atoms with Crippen molar-refractivity contribution >= 4 is 5.96 Å². The van der Waals surface area contributed by atoms with E-state index in [1.54, 1.807) is 0 Å². The topological polar surface area (TPSA) is 90.4 Å². The minimum atomic E-state index is 0.182. The highest BCUT2D eigenvalue weighted by molar-refractivity contribution is 5.75. The molecule has 0 aliphatic heterocycles. The van der Waals surface area contributed by atoms with Crippen LogP contribution >= 0.6 is 0 Å². The minimum absolute atomic E-state index is 0.182. The second-order valence-corrected chi connectivity index (χ2v) is 2.45. The van der Waals surface area contributed by atoms with E-state index in [0.717, 1.165) is 19.5 Å². The summed E-state index contributed by atoms with van der Waals surface area (Å²) in [4.78, 5) is 3.72. The molecule has 0 amide bonds. The Morgan fingerprint density at radius 1 is 1.07 bits per heavy atom. The summed E-state index contributed by atoms with van der Waals surface area (Å²) >= 11 is 0. The molecule has 6 N–H and O–H groups in total. The van der Waals surface area contributed by atoms with Gasteiger partial charge in [-0.2, -0.15) is 0 Å². The lowest BCUT2D eigenvalue weighted by atomic mass is 10.3. The number of hydrogen-bond donors (Lipinski definition) is 3. The third kappa shape index (κ3) is 43.0. The lowest BCUT2D eigenvalue weighted by molar-refractivity contribution is 0.807. The van der Waals surface area contributed by atoms with Gasteiger partial charge in [-0.05, 0) is 19.4 Å². The van der Waals surface area contributed by atoms with Crippen molar-refractivity contribution < 1.29 is 0 Å². The second kappa shape index (κ2) is 22.8. The Labute approximate surface area is 89.0 Å². The normalized spacial score (nSPS) is 7.50. The summed E-state index contributed by atoms with van der Waals surface area (Å²) in [6.07, 6.45) is 3.38. The average Bonchev–Trinajstić information content (AvgIpc) is 2.20. The van der Waals surface area contributed by atoms with Crippen molar-refractivity contribution in [2.75, 3.05) is 13.1 Å². The lowest BCUT2D eigenvalue weighted by Crippen LogP contribution is -2.22. The number of aliphatic imine (C=N–C) groups is 1. The Bertz CT molecular complexity index is 96.3. The fourth-order valence-electron chi connectivity index (χ4n) is 0.445. The van der Waals surface area contributed by atoms with E-state index < -0.39 is 0 Å². The third-order valence-corrected chi connectivity index (χ3v) is 1.08. The van der Waals surface area contributed by atoms with Crippen LogP contribution in [0.4, 0.5) is 0 Å². The first kappa shape index (κ1) is 18.9. The van der Waals surface area contributed by atoms with Gasteiger partial charge in [-0.15, -0.1) is 0 Å². The largest absolute Gasteiger partial charge is 0.370 e. The molecular weight excluding hydrogens is 176 g/mol. The van der Waals surface area contributed by atoms with Crippen LogP contribution in [-0.4, -0.2) is 19.0 Å². The quantitative estimate of drug-likeness (QED) is 0.478. The van der Waals surface area contributed by atoms with Crippen LogP contribution < -0.4 is 17.2 Å². The van der Waals surface area contributed by atoms with Crippen molar-refractivity contribution in [3.8, 4) is 0 Å². The predicted octanol–water partition coefficient (Wildman–Crippen LogP) is 1.44. The summed E-state index contributed by atoms with van der Waals surface area (Å²) in [6, 6.07) is 0. The van der Waals surface area contributed by atoms with Gasteiger partial charge in [-0.1, -0.05) is 34.1 Å². The molecule has 0 rings (SSSR count). The molecule has 4 heteroatoms. The van der Waals surface area contributed by atoms with Gasteiger partial charge in [0.1, 0.15) is 0 Å². The predicted molar refractivity (Wildman–Crippen MR) is 66.3 cm³/mol. The summed E-state index contributed by atoms with van der Waals surface area (Å²) in [6.45, 7) is 9.73. The van der Waals surface area contributed by atoms with Gasteiger partial charge >= 0.3 is 0 Å². The number of nitrogens with zero attached hydrogens (tertiary/aromatic N) is 1. The molecule has 0 aromatic heterocycles. The molecule has 0 aliphatic carbocycles. The molecule has 0 saturated heterocycles. The highest BCUT2D eigenvalue weighted by Gasteiger charge is 1.74. The van der Waals surface area contributed by atoms with Gasteiger partial charge < -0.3 is 17.2 Å². The Kier molecular flexibility index (Phi) is 30.8. The van der Waals surface area contributed by atoms with E-state index in [4.69, 9.17) is 17.2 Å². The van der Waals surface area contributed by atoms with E-state index in [-0.39, 0.29) is 5.96 Å². The first-order valence-electron chi connectivity index (χ1n) is 5.44. The van der Waals surface area contributed by atoms with E-state index in [2.05, 4.69) is 11.9 Å². The maximum atomic E-state index is 5.14. The highest BCUT2D eigenvalue weighted by Crippen LogP contribution is 1.77. The molecule has 0 aromatic carbocycles. The Hall–Kier alpha value is -0.770. The monoisotopic (exact) mass is 204 g/mol. The van der Waals surface area contributed by atoms with E-state index in [1.807, 2.05) is 20.8 Å². The van der Waals surface area contributed by atoms with Crippen LogP contribution in [0, 0.1) is 0 Å². The molecular formula is C10H28N4. The summed E-state index contributed by atoms with van der Waals surface area (Å²) in [5.41, 5.74) is 15.2. The zero-order chi connectivity index (χ0) is 11.8. The van der Waals surface area contributed by atoms with Gasteiger partial charge in [-0.25, -0.2) is 0 Å². The lowest BCUT2D eigenvalue weighted by Gasteiger charge is -1.86. The van der Waals surface area contributed by atoms with Crippen LogP contribution in [-0.2, 0) is 0 Å². The van der Waals surface area contributed by atoms with E-state index in [0.29, 0.717) is 0 Å². The van der Waals surface area contributed by atoms with Gasteiger partial charge in [0.25, 0.3) is 0 Å². The number of nitrogens with two attached hydrogens (primary N) is 3. The molecule has 0 saturated carbocycles. The Balaban J connectivity index is -0.000000152. The molecule has 0 aliphatic rings. The molecule has 0 heterocycles. The fraction of sp³-hybridized carbons (Fsp3) is 0.900. The first-order valence-corrected chi connectivity index (χ1v) is 5.44. The summed E-state index contributed by atoms with van der Waals surface area (Å²) in [7, 11) is 0. The Morgan fingerprint density at radius 2 is 1.57 bits per heavy atom. The van der Waals surface area contributed by atoms with Crippen LogP contribution in [0.15, 0.2) is 4.99 Å². The van der Waals surface area contributed by atoms with Gasteiger partial charge in [0.2, 0.25) is 0 Å². The first-order chi connectivity index (χ1) is 6.68. The smallest absolute Gasteiger partial charge is 0.185 e. The van der Waals surface area contributed by atoms with Crippen LogP contribution in [0.5, 0.6) is 0 Å². The van der Waals surface area contributed by atoms with E-state index in [9.17, 15) is 0 Å². The number of rotatable bonds is 4. The van der Waals surface area contributed by atoms with Crippen molar-refractivity contribution in [3.05, 3.63) is 0 Å². The van der Waals surface area contributed by atoms with Crippen molar-refractivity contribution in [2.24, 2.45) is 22.2 Å². The zero-order valence-corrected chi connectivity index (χ0v) is 10.2. The van der Waals surface area contributed by atoms with Crippen LogP contribution in [0.2, 0.25) is 0 Å². The second-order valence-electron chi connectivity index (χ2n) is 2.45. The van der Waals surface area contributed by atoms with Crippen LogP contribution in [0.25, 0.3) is 0 Å². The molecule has 0 bridgehead atoms. The van der Waals surface area contributed by atoms with Crippen molar-refractivity contribution in [3.63, 3.8) is 0 Å². The summed E-state index contributed by atoms with van der Waals surface area (Å²) in [5.74, 6) is 0.182. The third-order valence-electron chi connectivity index (χ3n) is 1.08. The summed E-state index contributed by atoms with van der Waals surface area (Å²) < 4.78 is 0. The number of guanidine groups is 1. The van der Waals surface area contributed by atoms with Crippen LogP contribution in [0.3, 0.4) is 0 Å². The SMILES string of the molecule is CC.CCCCN.CCCN=C(N)N. The van der Waals surface area contributed by atoms with E-state index >= 15 is 0 Å². The highest BCUT2D eigenvalue weighted by atomic mass is 15.0. The zero-order valence-electron chi connectivity index (χ0n) is 10.2. The van der Waals surface area contributed by atoms with E-state index in [1.165, 1.54) is 12.8 Å². The Morgan fingerprint density at radius 3 is 1.64 bits per heavy atom. The molecule has 0 spiro atoms. The molecule has 0 aromatic rings. The number of unbranched alkanes of at least 4 members (excludes halogenated alkanes) is 1.